The Hall–Kier alpha value is -1.41. The molecule has 0 radical (unpaired) electrons. The maximum atomic E-state index is 5.32. The maximum absolute atomic E-state index is 5.32. The topological polar surface area (TPSA) is 65.9 Å². The molecule has 2 aliphatic rings. The molecule has 0 unspecified atom stereocenters. The van der Waals surface area contributed by atoms with Gasteiger partial charge in [0.05, 0.1) is 0 Å². The van der Waals surface area contributed by atoms with Crippen molar-refractivity contribution in [3.63, 3.8) is 0 Å². The summed E-state index contributed by atoms with van der Waals surface area (Å²) in [4.78, 5) is 14.4. The van der Waals surface area contributed by atoms with Crippen molar-refractivity contribution in [3.05, 3.63) is 5.82 Å². The average molecular weight is 395 g/mol. The van der Waals surface area contributed by atoms with Crippen LogP contribution in [0, 0.1) is 5.41 Å². The molecule has 0 bridgehead atoms. The van der Waals surface area contributed by atoms with E-state index in [1.54, 1.807) is 7.11 Å². The van der Waals surface area contributed by atoms with E-state index in [1.807, 2.05) is 0 Å². The summed E-state index contributed by atoms with van der Waals surface area (Å²) in [5, 5.41) is 4.55. The number of rotatable bonds is 8. The SMILES string of the molecule is CCNC(=NCC1(CCOC)CCC1)N1CCN(c2nc(CC)ns2)CC1. The summed E-state index contributed by atoms with van der Waals surface area (Å²) in [7, 11) is 1.79. The van der Waals surface area contributed by atoms with Crippen molar-refractivity contribution in [3.8, 4) is 0 Å². The van der Waals surface area contributed by atoms with Crippen LogP contribution < -0.4 is 10.2 Å². The zero-order valence-corrected chi connectivity index (χ0v) is 17.9. The van der Waals surface area contributed by atoms with E-state index >= 15 is 0 Å². The third-order valence-electron chi connectivity index (χ3n) is 5.77. The zero-order chi connectivity index (χ0) is 19.1. The fourth-order valence-corrected chi connectivity index (χ4v) is 4.58. The third kappa shape index (κ3) is 5.10. The van der Waals surface area contributed by atoms with E-state index in [0.29, 0.717) is 5.41 Å². The minimum atomic E-state index is 0.363. The molecule has 0 aromatic carbocycles. The fraction of sp³-hybridized carbons (Fsp3) is 0.842. The number of guanidine groups is 1. The molecule has 0 spiro atoms. The standard InChI is InChI=1S/C19H34N6OS/c1-4-16-22-18(27-23-16)25-12-10-24(11-13-25)17(20-5-2)21-15-19(7-6-8-19)9-14-26-3/h4-15H2,1-3H3,(H,20,21). The third-order valence-corrected chi connectivity index (χ3v) is 6.59. The van der Waals surface area contributed by atoms with Crippen molar-refractivity contribution in [1.29, 1.82) is 0 Å². The molecule has 2 fully saturated rings. The van der Waals surface area contributed by atoms with E-state index < -0.39 is 0 Å². The second-order valence-electron chi connectivity index (χ2n) is 7.59. The lowest BCUT2D eigenvalue weighted by Gasteiger charge is -2.41. The van der Waals surface area contributed by atoms with Gasteiger partial charge in [-0.05, 0) is 31.6 Å². The Morgan fingerprint density at radius 3 is 2.59 bits per heavy atom. The number of anilines is 1. The summed E-state index contributed by atoms with van der Waals surface area (Å²) in [6, 6.07) is 0. The van der Waals surface area contributed by atoms with Crippen LogP contribution in [-0.2, 0) is 11.2 Å². The largest absolute Gasteiger partial charge is 0.385 e. The van der Waals surface area contributed by atoms with Gasteiger partial charge in [-0.25, -0.2) is 4.98 Å². The van der Waals surface area contributed by atoms with Gasteiger partial charge in [0.15, 0.2) is 5.96 Å². The molecular weight excluding hydrogens is 360 g/mol. The molecule has 1 N–H and O–H groups in total. The molecular formula is C19H34N6OS. The van der Waals surface area contributed by atoms with Crippen molar-refractivity contribution >= 4 is 22.6 Å². The lowest BCUT2D eigenvalue weighted by atomic mass is 9.67. The second kappa shape index (κ2) is 9.68. The summed E-state index contributed by atoms with van der Waals surface area (Å²) in [6.45, 7) is 10.8. The zero-order valence-electron chi connectivity index (χ0n) is 17.0. The van der Waals surface area contributed by atoms with Gasteiger partial charge in [-0.2, -0.15) is 4.37 Å². The predicted molar refractivity (Wildman–Crippen MR) is 112 cm³/mol. The number of hydrogen-bond acceptors (Lipinski definition) is 6. The lowest BCUT2D eigenvalue weighted by Crippen LogP contribution is -2.53. The van der Waals surface area contributed by atoms with Gasteiger partial charge in [0.25, 0.3) is 0 Å². The van der Waals surface area contributed by atoms with Gasteiger partial charge in [-0.15, -0.1) is 0 Å². The quantitative estimate of drug-likeness (QED) is 0.539. The molecule has 1 aliphatic carbocycles. The monoisotopic (exact) mass is 394 g/mol. The number of nitrogens with zero attached hydrogens (tertiary/aromatic N) is 5. The lowest BCUT2D eigenvalue weighted by molar-refractivity contribution is 0.0776. The van der Waals surface area contributed by atoms with Crippen molar-refractivity contribution in [1.82, 2.24) is 19.6 Å². The van der Waals surface area contributed by atoms with Crippen LogP contribution in [0.4, 0.5) is 5.13 Å². The highest BCUT2D eigenvalue weighted by atomic mass is 32.1. The Morgan fingerprint density at radius 1 is 1.26 bits per heavy atom. The number of aliphatic imine (C=N–C) groups is 1. The van der Waals surface area contributed by atoms with Crippen molar-refractivity contribution in [2.24, 2.45) is 10.4 Å². The first-order chi connectivity index (χ1) is 13.2. The van der Waals surface area contributed by atoms with Crippen LogP contribution in [0.3, 0.4) is 0 Å². The van der Waals surface area contributed by atoms with Gasteiger partial charge in [0, 0.05) is 70.9 Å². The number of methoxy groups -OCH3 is 1. The molecule has 8 heteroatoms. The van der Waals surface area contributed by atoms with Gasteiger partial charge in [-0.3, -0.25) is 4.99 Å². The van der Waals surface area contributed by atoms with Gasteiger partial charge in [0.2, 0.25) is 5.13 Å². The summed E-state index contributed by atoms with van der Waals surface area (Å²) >= 11 is 1.52. The molecule has 27 heavy (non-hydrogen) atoms. The van der Waals surface area contributed by atoms with Gasteiger partial charge in [0.1, 0.15) is 5.82 Å². The van der Waals surface area contributed by atoms with Crippen molar-refractivity contribution in [2.45, 2.75) is 46.0 Å². The Balaban J connectivity index is 1.57. The van der Waals surface area contributed by atoms with Crippen LogP contribution in [0.25, 0.3) is 0 Å². The minimum absolute atomic E-state index is 0.363. The van der Waals surface area contributed by atoms with Crippen LogP contribution in [0.15, 0.2) is 4.99 Å². The molecule has 1 saturated carbocycles. The van der Waals surface area contributed by atoms with E-state index in [4.69, 9.17) is 9.73 Å². The number of piperazine rings is 1. The minimum Gasteiger partial charge on any atom is -0.385 e. The first-order valence-electron chi connectivity index (χ1n) is 10.3. The number of nitrogens with one attached hydrogen (secondary N) is 1. The normalized spacial score (nSPS) is 19.9. The van der Waals surface area contributed by atoms with Gasteiger partial charge >= 0.3 is 0 Å². The van der Waals surface area contributed by atoms with Crippen molar-refractivity contribution < 1.29 is 4.74 Å². The van der Waals surface area contributed by atoms with Crippen LogP contribution in [0.1, 0.15) is 45.4 Å². The Morgan fingerprint density at radius 2 is 2.04 bits per heavy atom. The van der Waals surface area contributed by atoms with E-state index in [-0.39, 0.29) is 0 Å². The molecule has 2 heterocycles. The molecule has 1 aliphatic heterocycles. The van der Waals surface area contributed by atoms with Crippen LogP contribution in [0.2, 0.25) is 0 Å². The molecule has 1 aromatic rings. The number of aryl methyl sites for hydroxylation is 1. The Labute approximate surface area is 167 Å². The molecule has 3 rings (SSSR count). The van der Waals surface area contributed by atoms with Crippen LogP contribution >= 0.6 is 11.5 Å². The van der Waals surface area contributed by atoms with Gasteiger partial charge in [-0.1, -0.05) is 13.3 Å². The van der Waals surface area contributed by atoms with Crippen LogP contribution in [0.5, 0.6) is 0 Å². The maximum Gasteiger partial charge on any atom is 0.205 e. The van der Waals surface area contributed by atoms with Gasteiger partial charge < -0.3 is 19.9 Å². The predicted octanol–water partition coefficient (Wildman–Crippen LogP) is 2.39. The summed E-state index contributed by atoms with van der Waals surface area (Å²) in [6.07, 6.45) is 5.92. The summed E-state index contributed by atoms with van der Waals surface area (Å²) < 4.78 is 9.74. The van der Waals surface area contributed by atoms with Crippen LogP contribution in [-0.4, -0.2) is 73.2 Å². The molecule has 7 nitrogen and oxygen atoms in total. The number of hydrogen-bond donors (Lipinski definition) is 1. The van der Waals surface area contributed by atoms with Crippen molar-refractivity contribution in [2.75, 3.05) is 57.9 Å². The highest BCUT2D eigenvalue weighted by Crippen LogP contribution is 2.44. The molecule has 0 amide bonds. The first-order valence-corrected chi connectivity index (χ1v) is 11.1. The van der Waals surface area contributed by atoms with E-state index in [0.717, 1.165) is 75.6 Å². The smallest absolute Gasteiger partial charge is 0.205 e. The Bertz CT molecular complexity index is 607. The van der Waals surface area contributed by atoms with E-state index in [9.17, 15) is 0 Å². The average Bonchev–Trinajstić information content (AvgIpc) is 3.15. The molecule has 1 aromatic heterocycles. The fourth-order valence-electron chi connectivity index (χ4n) is 3.78. The summed E-state index contributed by atoms with van der Waals surface area (Å²) in [5.74, 6) is 2.02. The molecule has 1 saturated heterocycles. The first kappa shape index (κ1) is 20.3. The Kier molecular flexibility index (Phi) is 7.29. The molecule has 0 atom stereocenters. The highest BCUT2D eigenvalue weighted by molar-refractivity contribution is 7.09. The number of aromatic nitrogens is 2. The highest BCUT2D eigenvalue weighted by Gasteiger charge is 2.36. The van der Waals surface area contributed by atoms with E-state index in [2.05, 4.69) is 38.3 Å². The molecule has 152 valence electrons. The second-order valence-corrected chi connectivity index (χ2v) is 8.32. The van der Waals surface area contributed by atoms with E-state index in [1.165, 1.54) is 30.8 Å². The number of ether oxygens (including phenoxy) is 1. The summed E-state index contributed by atoms with van der Waals surface area (Å²) in [5.41, 5.74) is 0.363.